The topological polar surface area (TPSA) is 73.1 Å². The highest BCUT2D eigenvalue weighted by Crippen LogP contribution is 2.16. The molecular formula is C18H23N5S. The molecule has 2 aromatic rings. The molecular weight excluding hydrogens is 318 g/mol. The van der Waals surface area contributed by atoms with Gasteiger partial charge in [0.1, 0.15) is 0 Å². The molecule has 126 valence electrons. The summed E-state index contributed by atoms with van der Waals surface area (Å²) in [5.74, 6) is 0.798. The summed E-state index contributed by atoms with van der Waals surface area (Å²) >= 11 is 1.76. The molecule has 0 atom stereocenters. The lowest BCUT2D eigenvalue weighted by atomic mass is 10.1. The molecule has 1 heterocycles. The summed E-state index contributed by atoms with van der Waals surface area (Å²) in [5.41, 5.74) is 2.87. The number of thiazole rings is 1. The Kier molecular flexibility index (Phi) is 6.76. The molecule has 0 bridgehead atoms. The van der Waals surface area contributed by atoms with E-state index in [-0.39, 0.29) is 0 Å². The van der Waals surface area contributed by atoms with E-state index in [0.29, 0.717) is 12.1 Å². The number of hydrogen-bond acceptors (Lipinski definition) is 4. The van der Waals surface area contributed by atoms with Gasteiger partial charge >= 0.3 is 0 Å². The number of guanidine groups is 1. The Morgan fingerprint density at radius 1 is 1.25 bits per heavy atom. The Morgan fingerprint density at radius 2 is 2.00 bits per heavy atom. The summed E-state index contributed by atoms with van der Waals surface area (Å²) in [7, 11) is 0. The normalized spacial score (nSPS) is 11.2. The number of aliphatic imine (C=N–C) groups is 1. The van der Waals surface area contributed by atoms with Crippen molar-refractivity contribution in [3.8, 4) is 6.07 Å². The second-order valence-corrected chi connectivity index (χ2v) is 6.72. The maximum absolute atomic E-state index is 8.82. The van der Waals surface area contributed by atoms with Crippen molar-refractivity contribution in [2.24, 2.45) is 4.99 Å². The van der Waals surface area contributed by atoms with Crippen molar-refractivity contribution in [1.82, 2.24) is 15.6 Å². The zero-order valence-corrected chi connectivity index (χ0v) is 15.2. The molecule has 2 N–H and O–H groups in total. The first kappa shape index (κ1) is 18.0. The van der Waals surface area contributed by atoms with Crippen LogP contribution in [0, 0.1) is 25.2 Å². The van der Waals surface area contributed by atoms with Crippen molar-refractivity contribution in [2.75, 3.05) is 13.1 Å². The van der Waals surface area contributed by atoms with Gasteiger partial charge in [-0.15, -0.1) is 11.3 Å². The van der Waals surface area contributed by atoms with Gasteiger partial charge in [-0.05, 0) is 38.5 Å². The molecule has 5 nitrogen and oxygen atoms in total. The van der Waals surface area contributed by atoms with Crippen LogP contribution in [0.25, 0.3) is 0 Å². The molecule has 2 rings (SSSR count). The van der Waals surface area contributed by atoms with Crippen molar-refractivity contribution in [2.45, 2.75) is 33.7 Å². The summed E-state index contributed by atoms with van der Waals surface area (Å²) in [4.78, 5) is 10.4. The van der Waals surface area contributed by atoms with Crippen LogP contribution in [0.5, 0.6) is 0 Å². The molecule has 0 saturated heterocycles. The summed E-state index contributed by atoms with van der Waals surface area (Å²) in [6.07, 6.45) is 0.890. The first-order chi connectivity index (χ1) is 11.6. The molecule has 0 radical (unpaired) electrons. The summed E-state index contributed by atoms with van der Waals surface area (Å²) in [5, 5.41) is 16.6. The molecule has 0 saturated carbocycles. The Balaban J connectivity index is 1.88. The van der Waals surface area contributed by atoms with Gasteiger partial charge in [0.2, 0.25) is 0 Å². The van der Waals surface area contributed by atoms with E-state index in [1.165, 1.54) is 4.88 Å². The van der Waals surface area contributed by atoms with E-state index in [2.05, 4.69) is 33.6 Å². The standard InChI is InChI=1S/C18H23N5S/c1-4-20-18(21-10-9-17-23-13(2)14(3)24-17)22-12-16-7-5-15(11-19)6-8-16/h5-8H,4,9-10,12H2,1-3H3,(H2,20,21,22). The van der Waals surface area contributed by atoms with Gasteiger partial charge < -0.3 is 10.6 Å². The Hall–Kier alpha value is -2.39. The lowest BCUT2D eigenvalue weighted by molar-refractivity contribution is 0.795. The minimum absolute atomic E-state index is 0.580. The smallest absolute Gasteiger partial charge is 0.191 e. The largest absolute Gasteiger partial charge is 0.357 e. The summed E-state index contributed by atoms with van der Waals surface area (Å²) in [6.45, 7) is 8.39. The van der Waals surface area contributed by atoms with Gasteiger partial charge in [-0.3, -0.25) is 0 Å². The van der Waals surface area contributed by atoms with Crippen LogP contribution in [0.15, 0.2) is 29.3 Å². The van der Waals surface area contributed by atoms with Crippen LogP contribution in [-0.4, -0.2) is 24.0 Å². The van der Waals surface area contributed by atoms with E-state index in [1.54, 1.807) is 11.3 Å². The Morgan fingerprint density at radius 3 is 2.58 bits per heavy atom. The van der Waals surface area contributed by atoms with Crippen LogP contribution in [0.4, 0.5) is 0 Å². The second kappa shape index (κ2) is 9.04. The van der Waals surface area contributed by atoms with Crippen LogP contribution in [0.3, 0.4) is 0 Å². The molecule has 0 fully saturated rings. The van der Waals surface area contributed by atoms with Gasteiger partial charge in [0.15, 0.2) is 5.96 Å². The number of hydrogen-bond donors (Lipinski definition) is 2. The monoisotopic (exact) mass is 341 g/mol. The second-order valence-electron chi connectivity index (χ2n) is 5.43. The average Bonchev–Trinajstić information content (AvgIpc) is 2.91. The van der Waals surface area contributed by atoms with E-state index in [0.717, 1.165) is 41.7 Å². The molecule has 24 heavy (non-hydrogen) atoms. The third-order valence-electron chi connectivity index (χ3n) is 3.55. The van der Waals surface area contributed by atoms with Crippen molar-refractivity contribution >= 4 is 17.3 Å². The fraction of sp³-hybridized carbons (Fsp3) is 0.389. The van der Waals surface area contributed by atoms with Crippen LogP contribution in [0.2, 0.25) is 0 Å². The third-order valence-corrected chi connectivity index (χ3v) is 4.68. The van der Waals surface area contributed by atoms with Gasteiger partial charge in [0, 0.05) is 24.4 Å². The van der Waals surface area contributed by atoms with Gasteiger partial charge in [0.05, 0.1) is 28.9 Å². The number of aromatic nitrogens is 1. The number of nitriles is 1. The van der Waals surface area contributed by atoms with Gasteiger partial charge in [-0.1, -0.05) is 12.1 Å². The molecule has 0 amide bonds. The highest BCUT2D eigenvalue weighted by Gasteiger charge is 2.04. The SMILES string of the molecule is CCNC(=NCc1ccc(C#N)cc1)NCCc1nc(C)c(C)s1. The molecule has 6 heteroatoms. The van der Waals surface area contributed by atoms with E-state index in [4.69, 9.17) is 5.26 Å². The maximum Gasteiger partial charge on any atom is 0.191 e. The minimum Gasteiger partial charge on any atom is -0.357 e. The number of nitrogens with zero attached hydrogens (tertiary/aromatic N) is 3. The van der Waals surface area contributed by atoms with Crippen molar-refractivity contribution in [1.29, 1.82) is 5.26 Å². The molecule has 1 aromatic carbocycles. The minimum atomic E-state index is 0.580. The summed E-state index contributed by atoms with van der Waals surface area (Å²) in [6, 6.07) is 9.63. The van der Waals surface area contributed by atoms with Gasteiger partial charge in [-0.25, -0.2) is 9.98 Å². The molecule has 1 aromatic heterocycles. The third kappa shape index (κ3) is 5.36. The highest BCUT2D eigenvalue weighted by atomic mass is 32.1. The van der Waals surface area contributed by atoms with E-state index < -0.39 is 0 Å². The molecule has 0 aliphatic rings. The first-order valence-corrected chi connectivity index (χ1v) is 8.88. The van der Waals surface area contributed by atoms with Crippen LogP contribution < -0.4 is 10.6 Å². The highest BCUT2D eigenvalue weighted by molar-refractivity contribution is 7.11. The Labute approximate surface area is 147 Å². The zero-order chi connectivity index (χ0) is 17.4. The zero-order valence-electron chi connectivity index (χ0n) is 14.4. The van der Waals surface area contributed by atoms with E-state index in [1.807, 2.05) is 38.1 Å². The average molecular weight is 341 g/mol. The quantitative estimate of drug-likeness (QED) is 0.626. The number of nitrogens with one attached hydrogen (secondary N) is 2. The molecule has 0 aliphatic heterocycles. The van der Waals surface area contributed by atoms with Crippen molar-refractivity contribution in [3.63, 3.8) is 0 Å². The molecule has 0 aliphatic carbocycles. The van der Waals surface area contributed by atoms with Crippen molar-refractivity contribution < 1.29 is 0 Å². The van der Waals surface area contributed by atoms with Crippen LogP contribution in [0.1, 0.15) is 33.6 Å². The number of aryl methyl sites for hydroxylation is 2. The fourth-order valence-electron chi connectivity index (χ4n) is 2.13. The molecule has 0 unspecified atom stereocenters. The maximum atomic E-state index is 8.82. The number of benzene rings is 1. The lowest BCUT2D eigenvalue weighted by Gasteiger charge is -2.10. The first-order valence-electron chi connectivity index (χ1n) is 8.06. The fourth-order valence-corrected chi connectivity index (χ4v) is 3.06. The Bertz CT molecular complexity index is 705. The molecule has 0 spiro atoms. The summed E-state index contributed by atoms with van der Waals surface area (Å²) < 4.78 is 0. The predicted molar refractivity (Wildman–Crippen MR) is 99.3 cm³/mol. The van der Waals surface area contributed by atoms with E-state index in [9.17, 15) is 0 Å². The van der Waals surface area contributed by atoms with Crippen LogP contribution in [-0.2, 0) is 13.0 Å². The van der Waals surface area contributed by atoms with Crippen molar-refractivity contribution in [3.05, 3.63) is 51.0 Å². The van der Waals surface area contributed by atoms with Gasteiger partial charge in [0.25, 0.3) is 0 Å². The van der Waals surface area contributed by atoms with Crippen LogP contribution >= 0.6 is 11.3 Å². The lowest BCUT2D eigenvalue weighted by Crippen LogP contribution is -2.38. The van der Waals surface area contributed by atoms with E-state index >= 15 is 0 Å². The van der Waals surface area contributed by atoms with Gasteiger partial charge in [-0.2, -0.15) is 5.26 Å². The predicted octanol–water partition coefficient (Wildman–Crippen LogP) is 2.93. The number of rotatable bonds is 6.